The van der Waals surface area contributed by atoms with Gasteiger partial charge < -0.3 is 4.74 Å². The molecule has 0 bridgehead atoms. The Labute approximate surface area is 159 Å². The largest absolute Gasteiger partial charge is 0.432 e. The Morgan fingerprint density at radius 3 is 1.76 bits per heavy atom. The molecule has 0 aliphatic carbocycles. The third-order valence-corrected chi connectivity index (χ3v) is 3.96. The molecule has 9 heteroatoms. The van der Waals surface area contributed by atoms with Gasteiger partial charge in [-0.05, 0) is 54.4 Å². The molecule has 0 radical (unpaired) electrons. The summed E-state index contributed by atoms with van der Waals surface area (Å²) in [4.78, 5) is 0. The molecule has 0 atom stereocenters. The Morgan fingerprint density at radius 2 is 1.24 bits per heavy atom. The molecule has 0 unspecified atom stereocenters. The Balaban J connectivity index is 1.95. The first-order valence-electron chi connectivity index (χ1n) is 7.97. The highest BCUT2D eigenvalue weighted by Crippen LogP contribution is 2.37. The Hall–Kier alpha value is -3.10. The number of hydrogen-bond acceptors (Lipinski definition) is 1. The molecule has 0 aliphatic heterocycles. The smallest absolute Gasteiger partial charge is 0.429 e. The lowest BCUT2D eigenvalue weighted by atomic mass is 10.0. The number of rotatable bonds is 4. The summed E-state index contributed by atoms with van der Waals surface area (Å²) in [6.45, 7) is 1.30. The van der Waals surface area contributed by atoms with Crippen LogP contribution in [0.15, 0.2) is 42.5 Å². The van der Waals surface area contributed by atoms with Gasteiger partial charge in [-0.2, -0.15) is 8.78 Å². The Morgan fingerprint density at radius 1 is 0.690 bits per heavy atom. The fourth-order valence-electron chi connectivity index (χ4n) is 2.68. The van der Waals surface area contributed by atoms with E-state index in [0.29, 0.717) is 30.3 Å². The van der Waals surface area contributed by atoms with Gasteiger partial charge in [0, 0.05) is 11.6 Å². The number of aryl methyl sites for hydroxylation is 1. The van der Waals surface area contributed by atoms with Crippen molar-refractivity contribution in [3.05, 3.63) is 88.5 Å². The number of hydrogen-bond donors (Lipinski definition) is 0. The van der Waals surface area contributed by atoms with Crippen molar-refractivity contribution >= 4 is 0 Å². The normalized spacial score (nSPS) is 11.6. The van der Waals surface area contributed by atoms with E-state index in [0.717, 1.165) is 12.1 Å². The van der Waals surface area contributed by atoms with Crippen LogP contribution in [0.4, 0.5) is 35.1 Å². The van der Waals surface area contributed by atoms with Crippen LogP contribution in [0.1, 0.15) is 11.1 Å². The zero-order chi connectivity index (χ0) is 21.5. The van der Waals surface area contributed by atoms with Gasteiger partial charge in [0.15, 0.2) is 17.5 Å². The van der Waals surface area contributed by atoms with Crippen LogP contribution in [0.25, 0.3) is 11.1 Å². The lowest BCUT2D eigenvalue weighted by Gasteiger charge is -2.20. The second kappa shape index (κ2) is 7.38. The molecule has 3 aromatic rings. The van der Waals surface area contributed by atoms with Crippen molar-refractivity contribution in [1.29, 1.82) is 0 Å². The summed E-state index contributed by atoms with van der Waals surface area (Å²) in [5.74, 6) is -10.1. The zero-order valence-corrected chi connectivity index (χ0v) is 14.5. The van der Waals surface area contributed by atoms with E-state index in [9.17, 15) is 35.1 Å². The highest BCUT2D eigenvalue weighted by molar-refractivity contribution is 5.65. The maximum Gasteiger partial charge on any atom is 0.432 e. The van der Waals surface area contributed by atoms with Crippen LogP contribution in [-0.4, -0.2) is 0 Å². The van der Waals surface area contributed by atoms with Gasteiger partial charge in [-0.25, -0.2) is 26.3 Å². The predicted octanol–water partition coefficient (Wildman–Crippen LogP) is 6.62. The zero-order valence-electron chi connectivity index (χ0n) is 14.5. The molecule has 0 saturated heterocycles. The van der Waals surface area contributed by atoms with E-state index < -0.39 is 63.5 Å². The van der Waals surface area contributed by atoms with Gasteiger partial charge in [0.05, 0.1) is 0 Å². The molecule has 0 amide bonds. The standard InChI is InChI=1S/C20H10F8O/c1-9-4-14(22)18(15(23)5-9)20(27,28)29-11-2-3-12(13(21)8-11)10-6-16(24)19(26)17(25)7-10/h2-8H,1H3. The lowest BCUT2D eigenvalue weighted by molar-refractivity contribution is -0.189. The molecule has 0 N–H and O–H groups in total. The van der Waals surface area contributed by atoms with Crippen molar-refractivity contribution in [1.82, 2.24) is 0 Å². The van der Waals surface area contributed by atoms with Crippen molar-refractivity contribution in [2.24, 2.45) is 0 Å². The second-order valence-corrected chi connectivity index (χ2v) is 6.12. The highest BCUT2D eigenvalue weighted by Gasteiger charge is 2.41. The molecule has 0 fully saturated rings. The first kappa shape index (κ1) is 20.6. The van der Waals surface area contributed by atoms with E-state index >= 15 is 0 Å². The van der Waals surface area contributed by atoms with E-state index in [1.54, 1.807) is 0 Å². The molecule has 0 aliphatic rings. The Bertz CT molecular complexity index is 1050. The van der Waals surface area contributed by atoms with E-state index in [1.165, 1.54) is 6.92 Å². The Kier molecular flexibility index (Phi) is 5.25. The molecule has 3 aromatic carbocycles. The molecule has 29 heavy (non-hydrogen) atoms. The number of alkyl halides is 2. The summed E-state index contributed by atoms with van der Waals surface area (Å²) < 4.78 is 114. The van der Waals surface area contributed by atoms with Crippen molar-refractivity contribution in [2.75, 3.05) is 0 Å². The highest BCUT2D eigenvalue weighted by atomic mass is 19.3. The van der Waals surface area contributed by atoms with E-state index in [-0.39, 0.29) is 5.56 Å². The summed E-state index contributed by atoms with van der Waals surface area (Å²) in [5, 5.41) is 0. The third-order valence-electron chi connectivity index (χ3n) is 3.96. The molecule has 0 spiro atoms. The first-order valence-corrected chi connectivity index (χ1v) is 7.97. The summed E-state index contributed by atoms with van der Waals surface area (Å²) in [7, 11) is 0. The average Bonchev–Trinajstić information content (AvgIpc) is 2.57. The molecule has 0 saturated carbocycles. The van der Waals surface area contributed by atoms with Crippen molar-refractivity contribution in [3.63, 3.8) is 0 Å². The molecular weight excluding hydrogens is 408 g/mol. The van der Waals surface area contributed by atoms with E-state index in [4.69, 9.17) is 0 Å². The van der Waals surface area contributed by atoms with Crippen molar-refractivity contribution in [3.8, 4) is 16.9 Å². The summed E-state index contributed by atoms with van der Waals surface area (Å²) in [6.07, 6.45) is -4.48. The fraction of sp³-hybridized carbons (Fsp3) is 0.100. The van der Waals surface area contributed by atoms with Crippen molar-refractivity contribution < 1.29 is 39.9 Å². The lowest BCUT2D eigenvalue weighted by Crippen LogP contribution is -2.25. The summed E-state index contributed by atoms with van der Waals surface area (Å²) >= 11 is 0. The molecule has 152 valence electrons. The van der Waals surface area contributed by atoms with E-state index in [2.05, 4.69) is 4.74 Å². The van der Waals surface area contributed by atoms with Crippen LogP contribution in [0, 0.1) is 41.8 Å². The third kappa shape index (κ3) is 4.03. The quantitative estimate of drug-likeness (QED) is 0.342. The average molecular weight is 418 g/mol. The topological polar surface area (TPSA) is 9.23 Å². The predicted molar refractivity (Wildman–Crippen MR) is 87.3 cm³/mol. The first-order chi connectivity index (χ1) is 13.5. The molecule has 1 nitrogen and oxygen atoms in total. The molecule has 0 heterocycles. The molecule has 3 rings (SSSR count). The van der Waals surface area contributed by atoms with E-state index in [1.807, 2.05) is 0 Å². The maximum absolute atomic E-state index is 14.3. The van der Waals surface area contributed by atoms with Crippen LogP contribution in [0.5, 0.6) is 5.75 Å². The van der Waals surface area contributed by atoms with Gasteiger partial charge in [0.2, 0.25) is 0 Å². The number of ether oxygens (including phenoxy) is 1. The van der Waals surface area contributed by atoms with Gasteiger partial charge in [0.1, 0.15) is 28.8 Å². The van der Waals surface area contributed by atoms with Gasteiger partial charge in [-0.1, -0.05) is 0 Å². The summed E-state index contributed by atoms with van der Waals surface area (Å²) in [6, 6.07) is 4.47. The van der Waals surface area contributed by atoms with Gasteiger partial charge in [0.25, 0.3) is 0 Å². The van der Waals surface area contributed by atoms with Crippen LogP contribution in [0.2, 0.25) is 0 Å². The number of halogens is 8. The van der Waals surface area contributed by atoms with Gasteiger partial charge in [-0.15, -0.1) is 0 Å². The van der Waals surface area contributed by atoms with Crippen LogP contribution in [0.3, 0.4) is 0 Å². The van der Waals surface area contributed by atoms with Gasteiger partial charge in [-0.3, -0.25) is 0 Å². The molecular formula is C20H10F8O. The molecule has 0 aromatic heterocycles. The van der Waals surface area contributed by atoms with Crippen LogP contribution < -0.4 is 4.74 Å². The summed E-state index contributed by atoms with van der Waals surface area (Å²) in [5.41, 5.74) is -2.43. The van der Waals surface area contributed by atoms with Gasteiger partial charge >= 0.3 is 6.11 Å². The maximum atomic E-state index is 14.3. The monoisotopic (exact) mass is 418 g/mol. The minimum Gasteiger partial charge on any atom is -0.429 e. The SMILES string of the molecule is Cc1cc(F)c(C(F)(F)Oc2ccc(-c3cc(F)c(F)c(F)c3)c(F)c2)c(F)c1. The second-order valence-electron chi connectivity index (χ2n) is 6.12. The van der Waals surface area contributed by atoms with Crippen LogP contribution in [-0.2, 0) is 6.11 Å². The minimum atomic E-state index is -4.48. The fourth-order valence-corrected chi connectivity index (χ4v) is 2.68. The van der Waals surface area contributed by atoms with Crippen LogP contribution >= 0.6 is 0 Å². The van der Waals surface area contributed by atoms with Crippen molar-refractivity contribution in [2.45, 2.75) is 13.0 Å². The minimum absolute atomic E-state index is 0.0636. The number of benzene rings is 3.